The molecule has 0 saturated heterocycles. The minimum atomic E-state index is -0.160. The predicted molar refractivity (Wildman–Crippen MR) is 93.9 cm³/mol. The van der Waals surface area contributed by atoms with Crippen LogP contribution in [0.1, 0.15) is 18.1 Å². The number of hydrogen-bond acceptors (Lipinski definition) is 3. The van der Waals surface area contributed by atoms with E-state index in [1.807, 2.05) is 42.5 Å². The second kappa shape index (κ2) is 8.58. The van der Waals surface area contributed by atoms with Crippen molar-refractivity contribution in [3.05, 3.63) is 58.1 Å². The first-order valence-electron chi connectivity index (χ1n) is 7.43. The van der Waals surface area contributed by atoms with Gasteiger partial charge in [0.15, 0.2) is 6.61 Å². The molecule has 0 radical (unpaired) electrons. The Morgan fingerprint density at radius 1 is 1.13 bits per heavy atom. The summed E-state index contributed by atoms with van der Waals surface area (Å²) in [7, 11) is 1.62. The maximum absolute atomic E-state index is 11.9. The van der Waals surface area contributed by atoms with E-state index in [-0.39, 0.29) is 12.5 Å². The van der Waals surface area contributed by atoms with E-state index in [4.69, 9.17) is 9.47 Å². The lowest BCUT2D eigenvalue weighted by Crippen LogP contribution is -2.28. The van der Waals surface area contributed by atoms with Crippen molar-refractivity contribution in [2.45, 2.75) is 19.9 Å². The standard InChI is InChI=1S/C18H20BrNO3/c1-3-13-6-9-17(16(19)10-13)23-12-18(21)20-11-14-4-7-15(22-2)8-5-14/h4-10H,3,11-12H2,1-2H3,(H,20,21). The first-order valence-corrected chi connectivity index (χ1v) is 8.22. The number of amides is 1. The molecule has 0 heterocycles. The number of carbonyl (C=O) groups excluding carboxylic acids is 1. The third-order valence-electron chi connectivity index (χ3n) is 3.41. The van der Waals surface area contributed by atoms with Crippen molar-refractivity contribution in [2.75, 3.05) is 13.7 Å². The largest absolute Gasteiger partial charge is 0.497 e. The Labute approximate surface area is 144 Å². The smallest absolute Gasteiger partial charge is 0.258 e. The lowest BCUT2D eigenvalue weighted by Gasteiger charge is -2.10. The summed E-state index contributed by atoms with van der Waals surface area (Å²) in [6.07, 6.45) is 0.960. The van der Waals surface area contributed by atoms with Crippen LogP contribution in [0.5, 0.6) is 11.5 Å². The lowest BCUT2D eigenvalue weighted by molar-refractivity contribution is -0.123. The Balaban J connectivity index is 1.80. The highest BCUT2D eigenvalue weighted by Gasteiger charge is 2.06. The maximum atomic E-state index is 11.9. The Hall–Kier alpha value is -2.01. The van der Waals surface area contributed by atoms with Crippen LogP contribution in [0.25, 0.3) is 0 Å². The zero-order valence-corrected chi connectivity index (χ0v) is 14.9. The van der Waals surface area contributed by atoms with Gasteiger partial charge in [0.05, 0.1) is 11.6 Å². The van der Waals surface area contributed by atoms with E-state index in [1.165, 1.54) is 5.56 Å². The van der Waals surface area contributed by atoms with E-state index in [0.29, 0.717) is 12.3 Å². The number of aryl methyl sites for hydroxylation is 1. The van der Waals surface area contributed by atoms with Gasteiger partial charge in [-0.2, -0.15) is 0 Å². The molecule has 0 spiro atoms. The van der Waals surface area contributed by atoms with Crippen LogP contribution in [0.2, 0.25) is 0 Å². The predicted octanol–water partition coefficient (Wildman–Crippen LogP) is 3.72. The number of methoxy groups -OCH3 is 1. The quantitative estimate of drug-likeness (QED) is 0.799. The van der Waals surface area contributed by atoms with Gasteiger partial charge in [-0.25, -0.2) is 0 Å². The molecule has 0 aliphatic heterocycles. The van der Waals surface area contributed by atoms with Crippen molar-refractivity contribution in [1.29, 1.82) is 0 Å². The first-order chi connectivity index (χ1) is 11.1. The molecule has 122 valence electrons. The van der Waals surface area contributed by atoms with Crippen LogP contribution in [-0.2, 0) is 17.8 Å². The SMILES string of the molecule is CCc1ccc(OCC(=O)NCc2ccc(OC)cc2)c(Br)c1. The number of carbonyl (C=O) groups is 1. The molecule has 0 aliphatic carbocycles. The molecule has 2 rings (SSSR count). The van der Waals surface area contributed by atoms with Crippen LogP contribution in [0.15, 0.2) is 46.9 Å². The van der Waals surface area contributed by atoms with Gasteiger partial charge < -0.3 is 14.8 Å². The van der Waals surface area contributed by atoms with Gasteiger partial charge in [0.2, 0.25) is 0 Å². The highest BCUT2D eigenvalue weighted by atomic mass is 79.9. The van der Waals surface area contributed by atoms with Crippen molar-refractivity contribution in [2.24, 2.45) is 0 Å². The van der Waals surface area contributed by atoms with Gasteiger partial charge >= 0.3 is 0 Å². The highest BCUT2D eigenvalue weighted by molar-refractivity contribution is 9.10. The molecule has 2 aromatic rings. The molecule has 0 unspecified atom stereocenters. The Morgan fingerprint density at radius 2 is 1.83 bits per heavy atom. The molecule has 0 saturated carbocycles. The molecule has 4 nitrogen and oxygen atoms in total. The summed E-state index contributed by atoms with van der Waals surface area (Å²) in [6, 6.07) is 13.4. The Kier molecular flexibility index (Phi) is 6.47. The van der Waals surface area contributed by atoms with Crippen LogP contribution in [0.3, 0.4) is 0 Å². The fraction of sp³-hybridized carbons (Fsp3) is 0.278. The average molecular weight is 378 g/mol. The van der Waals surface area contributed by atoms with Gasteiger partial charge in [0, 0.05) is 6.54 Å². The molecule has 23 heavy (non-hydrogen) atoms. The van der Waals surface area contributed by atoms with Gasteiger partial charge in [0.1, 0.15) is 11.5 Å². The van der Waals surface area contributed by atoms with Crippen LogP contribution in [-0.4, -0.2) is 19.6 Å². The van der Waals surface area contributed by atoms with E-state index >= 15 is 0 Å². The average Bonchev–Trinajstić information content (AvgIpc) is 2.59. The van der Waals surface area contributed by atoms with Crippen molar-refractivity contribution < 1.29 is 14.3 Å². The van der Waals surface area contributed by atoms with E-state index in [9.17, 15) is 4.79 Å². The summed E-state index contributed by atoms with van der Waals surface area (Å²) in [5, 5.41) is 2.83. The fourth-order valence-corrected chi connectivity index (χ4v) is 2.56. The molecule has 0 atom stereocenters. The second-order valence-electron chi connectivity index (χ2n) is 5.03. The van der Waals surface area contributed by atoms with Crippen molar-refractivity contribution in [3.8, 4) is 11.5 Å². The maximum Gasteiger partial charge on any atom is 0.258 e. The molecular weight excluding hydrogens is 358 g/mol. The van der Waals surface area contributed by atoms with Crippen LogP contribution >= 0.6 is 15.9 Å². The van der Waals surface area contributed by atoms with E-state index in [1.54, 1.807) is 7.11 Å². The first kappa shape index (κ1) is 17.3. The number of nitrogens with one attached hydrogen (secondary N) is 1. The molecule has 5 heteroatoms. The number of benzene rings is 2. The molecule has 0 aliphatic rings. The second-order valence-corrected chi connectivity index (χ2v) is 5.89. The third-order valence-corrected chi connectivity index (χ3v) is 4.03. The van der Waals surface area contributed by atoms with E-state index in [2.05, 4.69) is 28.2 Å². The lowest BCUT2D eigenvalue weighted by atomic mass is 10.2. The zero-order valence-electron chi connectivity index (χ0n) is 13.3. The van der Waals surface area contributed by atoms with Crippen LogP contribution in [0, 0.1) is 0 Å². The molecule has 0 bridgehead atoms. The van der Waals surface area contributed by atoms with Gasteiger partial charge in [0.25, 0.3) is 5.91 Å². The molecule has 2 aromatic carbocycles. The van der Waals surface area contributed by atoms with E-state index in [0.717, 1.165) is 22.2 Å². The summed E-state index contributed by atoms with van der Waals surface area (Å²) in [5.41, 5.74) is 2.22. The minimum Gasteiger partial charge on any atom is -0.497 e. The highest BCUT2D eigenvalue weighted by Crippen LogP contribution is 2.26. The topological polar surface area (TPSA) is 47.6 Å². The summed E-state index contributed by atoms with van der Waals surface area (Å²) in [6.45, 7) is 2.54. The zero-order chi connectivity index (χ0) is 16.7. The summed E-state index contributed by atoms with van der Waals surface area (Å²) in [5.74, 6) is 1.30. The fourth-order valence-electron chi connectivity index (χ4n) is 2.02. The van der Waals surface area contributed by atoms with Crippen LogP contribution in [0.4, 0.5) is 0 Å². The Morgan fingerprint density at radius 3 is 2.43 bits per heavy atom. The van der Waals surface area contributed by atoms with Gasteiger partial charge in [-0.1, -0.05) is 25.1 Å². The van der Waals surface area contributed by atoms with E-state index < -0.39 is 0 Å². The number of rotatable bonds is 7. The van der Waals surface area contributed by atoms with Gasteiger partial charge in [-0.3, -0.25) is 4.79 Å². The monoisotopic (exact) mass is 377 g/mol. The summed E-state index contributed by atoms with van der Waals surface area (Å²) in [4.78, 5) is 11.9. The van der Waals surface area contributed by atoms with Crippen LogP contribution < -0.4 is 14.8 Å². The van der Waals surface area contributed by atoms with Gasteiger partial charge in [-0.15, -0.1) is 0 Å². The molecule has 1 N–H and O–H groups in total. The summed E-state index contributed by atoms with van der Waals surface area (Å²) >= 11 is 3.46. The Bertz CT molecular complexity index is 656. The normalized spacial score (nSPS) is 10.2. The third kappa shape index (κ3) is 5.28. The number of hydrogen-bond donors (Lipinski definition) is 1. The minimum absolute atomic E-state index is 0.0137. The van der Waals surface area contributed by atoms with Gasteiger partial charge in [-0.05, 0) is 57.7 Å². The van der Waals surface area contributed by atoms with Crippen molar-refractivity contribution in [3.63, 3.8) is 0 Å². The summed E-state index contributed by atoms with van der Waals surface area (Å²) < 4.78 is 11.5. The molecular formula is C18H20BrNO3. The number of ether oxygens (including phenoxy) is 2. The van der Waals surface area contributed by atoms with Crippen molar-refractivity contribution in [1.82, 2.24) is 5.32 Å². The molecule has 0 aromatic heterocycles. The molecule has 1 amide bonds. The van der Waals surface area contributed by atoms with Crippen molar-refractivity contribution >= 4 is 21.8 Å². The number of halogens is 1. The molecule has 0 fully saturated rings.